The standard InChI is InChI=1S/C14H31NO5SSi/c1-11(20-22(5,6)14(2,3)4)12(13(16)17)15-7-9-21(18,19)10-8-15/h11-12,18-19H,7-10H2,1-6H3,(H,16,17)/t11-,12+/m1/s1. The Morgan fingerprint density at radius 3 is 2.05 bits per heavy atom. The van der Waals surface area contributed by atoms with Crippen molar-refractivity contribution in [1.29, 1.82) is 0 Å². The number of nitrogens with zero attached hydrogens (tertiary/aromatic N) is 1. The highest BCUT2D eigenvalue weighted by atomic mass is 32.3. The topological polar surface area (TPSA) is 90.2 Å². The normalized spacial score (nSPS) is 24.5. The fourth-order valence-electron chi connectivity index (χ4n) is 2.38. The van der Waals surface area contributed by atoms with E-state index in [1.54, 1.807) is 4.90 Å². The summed E-state index contributed by atoms with van der Waals surface area (Å²) < 4.78 is 25.6. The molecule has 1 aliphatic heterocycles. The zero-order valence-electron chi connectivity index (χ0n) is 14.5. The lowest BCUT2D eigenvalue weighted by molar-refractivity contribution is -0.146. The Morgan fingerprint density at radius 1 is 1.23 bits per heavy atom. The molecule has 2 atom stereocenters. The third kappa shape index (κ3) is 4.94. The van der Waals surface area contributed by atoms with Gasteiger partial charge in [-0.25, -0.2) is 0 Å². The zero-order valence-corrected chi connectivity index (χ0v) is 16.3. The second kappa shape index (κ2) is 6.78. The summed E-state index contributed by atoms with van der Waals surface area (Å²) >= 11 is 0. The fourth-order valence-corrected chi connectivity index (χ4v) is 5.05. The summed E-state index contributed by atoms with van der Waals surface area (Å²) in [7, 11) is -4.58. The Labute approximate surface area is 136 Å². The van der Waals surface area contributed by atoms with Crippen LogP contribution in [0.5, 0.6) is 0 Å². The molecular formula is C14H31NO5SSi. The molecule has 0 unspecified atom stereocenters. The van der Waals surface area contributed by atoms with E-state index in [1.165, 1.54) is 0 Å². The maximum absolute atomic E-state index is 11.7. The first-order valence-corrected chi connectivity index (χ1v) is 12.4. The van der Waals surface area contributed by atoms with Crippen molar-refractivity contribution >= 4 is 24.9 Å². The molecule has 3 N–H and O–H groups in total. The van der Waals surface area contributed by atoms with Gasteiger partial charge >= 0.3 is 5.97 Å². The largest absolute Gasteiger partial charge is 0.480 e. The van der Waals surface area contributed by atoms with Crippen LogP contribution in [-0.4, -0.2) is 70.1 Å². The quantitative estimate of drug-likeness (QED) is 0.658. The maximum atomic E-state index is 11.7. The minimum atomic E-state index is -2.53. The summed E-state index contributed by atoms with van der Waals surface area (Å²) in [4.78, 5) is 13.5. The average Bonchev–Trinajstić information content (AvgIpc) is 2.29. The zero-order chi connectivity index (χ0) is 17.3. The number of hydrogen-bond donors (Lipinski definition) is 3. The second-order valence-electron chi connectivity index (χ2n) is 7.61. The number of carboxylic acids is 1. The van der Waals surface area contributed by atoms with E-state index in [2.05, 4.69) is 33.9 Å². The second-order valence-corrected chi connectivity index (χ2v) is 14.8. The number of aliphatic carboxylic acids is 1. The Bertz CT molecular complexity index is 401. The first-order chi connectivity index (χ1) is 9.77. The van der Waals surface area contributed by atoms with Gasteiger partial charge in [-0.3, -0.25) is 18.8 Å². The van der Waals surface area contributed by atoms with E-state index in [9.17, 15) is 19.0 Å². The lowest BCUT2D eigenvalue weighted by atomic mass is 10.1. The van der Waals surface area contributed by atoms with Gasteiger partial charge in [0.05, 0.1) is 17.6 Å². The van der Waals surface area contributed by atoms with Crippen LogP contribution in [0.15, 0.2) is 0 Å². The van der Waals surface area contributed by atoms with Crippen LogP contribution >= 0.6 is 10.6 Å². The summed E-state index contributed by atoms with van der Waals surface area (Å²) in [6, 6.07) is -0.746. The molecule has 0 bridgehead atoms. The number of carbonyl (C=O) groups is 1. The van der Waals surface area contributed by atoms with E-state index in [4.69, 9.17) is 4.43 Å². The summed E-state index contributed by atoms with van der Waals surface area (Å²) in [5.74, 6) is -0.433. The van der Waals surface area contributed by atoms with Crippen molar-refractivity contribution < 1.29 is 23.4 Å². The molecule has 0 amide bonds. The van der Waals surface area contributed by atoms with Crippen LogP contribution in [0.2, 0.25) is 18.1 Å². The lowest BCUT2D eigenvalue weighted by Gasteiger charge is -2.46. The van der Waals surface area contributed by atoms with Gasteiger partial charge in [0.15, 0.2) is 8.32 Å². The summed E-state index contributed by atoms with van der Waals surface area (Å²) in [5, 5.41) is 9.62. The summed E-state index contributed by atoms with van der Waals surface area (Å²) in [6.07, 6.45) is -0.432. The molecule has 1 fully saturated rings. The van der Waals surface area contributed by atoms with Gasteiger partial charge in [0.25, 0.3) is 0 Å². The Balaban J connectivity index is 2.82. The fraction of sp³-hybridized carbons (Fsp3) is 0.929. The number of rotatable bonds is 5. The van der Waals surface area contributed by atoms with Crippen molar-refractivity contribution in [2.75, 3.05) is 24.6 Å². The van der Waals surface area contributed by atoms with Crippen LogP contribution in [0, 0.1) is 0 Å². The highest BCUT2D eigenvalue weighted by molar-refractivity contribution is 8.24. The smallest absolute Gasteiger partial charge is 0.323 e. The molecule has 22 heavy (non-hydrogen) atoms. The summed E-state index contributed by atoms with van der Waals surface area (Å²) in [6.45, 7) is 13.2. The molecule has 1 aliphatic rings. The highest BCUT2D eigenvalue weighted by Gasteiger charge is 2.43. The van der Waals surface area contributed by atoms with Gasteiger partial charge < -0.3 is 9.53 Å². The molecule has 1 saturated heterocycles. The SMILES string of the molecule is C[C@@H](O[Si](C)(C)C(C)(C)C)[C@@H](C(=O)O)N1CCS(O)(O)CC1. The van der Waals surface area contributed by atoms with Crippen LogP contribution < -0.4 is 0 Å². The van der Waals surface area contributed by atoms with Crippen LogP contribution in [0.4, 0.5) is 0 Å². The van der Waals surface area contributed by atoms with E-state index in [0.29, 0.717) is 13.1 Å². The Hall–Kier alpha value is -0.123. The molecule has 0 aliphatic carbocycles. The van der Waals surface area contributed by atoms with Crippen molar-refractivity contribution in [3.8, 4) is 0 Å². The van der Waals surface area contributed by atoms with Crippen LogP contribution in [0.1, 0.15) is 27.7 Å². The van der Waals surface area contributed by atoms with Crippen molar-refractivity contribution in [3.05, 3.63) is 0 Å². The molecule has 0 radical (unpaired) electrons. The molecule has 6 nitrogen and oxygen atoms in total. The molecule has 0 aromatic rings. The van der Waals surface area contributed by atoms with E-state index < -0.39 is 37.0 Å². The number of hydrogen-bond acceptors (Lipinski definition) is 5. The minimum absolute atomic E-state index is 0.0156. The molecule has 132 valence electrons. The van der Waals surface area contributed by atoms with Crippen molar-refractivity contribution in [2.24, 2.45) is 0 Å². The first-order valence-electron chi connectivity index (χ1n) is 7.65. The molecule has 1 rings (SSSR count). The summed E-state index contributed by atoms with van der Waals surface area (Å²) in [5.41, 5.74) is 0. The molecule has 8 heteroatoms. The molecule has 0 spiro atoms. The predicted octanol–water partition coefficient (Wildman–Crippen LogP) is 2.92. The van der Waals surface area contributed by atoms with Crippen molar-refractivity contribution in [1.82, 2.24) is 4.90 Å². The van der Waals surface area contributed by atoms with Crippen LogP contribution in [-0.2, 0) is 9.22 Å². The molecule has 1 heterocycles. The van der Waals surface area contributed by atoms with Gasteiger partial charge in [0.1, 0.15) is 6.04 Å². The Morgan fingerprint density at radius 2 is 1.68 bits per heavy atom. The van der Waals surface area contributed by atoms with Crippen LogP contribution in [0.3, 0.4) is 0 Å². The lowest BCUT2D eigenvalue weighted by Crippen LogP contribution is -2.56. The predicted molar refractivity (Wildman–Crippen MR) is 93.3 cm³/mol. The molecule has 0 aromatic heterocycles. The maximum Gasteiger partial charge on any atom is 0.323 e. The average molecular weight is 354 g/mol. The van der Waals surface area contributed by atoms with Crippen molar-refractivity contribution in [2.45, 2.75) is 58.0 Å². The van der Waals surface area contributed by atoms with Crippen molar-refractivity contribution in [3.63, 3.8) is 0 Å². The van der Waals surface area contributed by atoms with E-state index in [1.807, 2.05) is 6.92 Å². The van der Waals surface area contributed by atoms with Gasteiger partial charge in [-0.15, -0.1) is 0 Å². The van der Waals surface area contributed by atoms with Gasteiger partial charge in [-0.05, 0) is 25.1 Å². The van der Waals surface area contributed by atoms with Gasteiger partial charge in [0.2, 0.25) is 0 Å². The molecular weight excluding hydrogens is 322 g/mol. The van der Waals surface area contributed by atoms with Gasteiger partial charge in [0, 0.05) is 13.1 Å². The highest BCUT2D eigenvalue weighted by Crippen LogP contribution is 2.41. The van der Waals surface area contributed by atoms with E-state index in [0.717, 1.165) is 0 Å². The van der Waals surface area contributed by atoms with Gasteiger partial charge in [-0.2, -0.15) is 10.6 Å². The number of carboxylic acid groups (broad SMARTS) is 1. The van der Waals surface area contributed by atoms with E-state index >= 15 is 0 Å². The third-order valence-corrected chi connectivity index (χ3v) is 11.0. The monoisotopic (exact) mass is 353 g/mol. The van der Waals surface area contributed by atoms with Gasteiger partial charge in [-0.1, -0.05) is 20.8 Å². The van der Waals surface area contributed by atoms with E-state index in [-0.39, 0.29) is 16.5 Å². The minimum Gasteiger partial charge on any atom is -0.480 e. The third-order valence-electron chi connectivity index (χ3n) is 4.79. The first kappa shape index (κ1) is 19.9. The Kier molecular flexibility index (Phi) is 6.14. The molecule has 0 saturated carbocycles. The van der Waals surface area contributed by atoms with Crippen LogP contribution in [0.25, 0.3) is 0 Å². The molecule has 0 aromatic carbocycles.